The highest BCUT2D eigenvalue weighted by Gasteiger charge is 2.39. The van der Waals surface area contributed by atoms with E-state index < -0.39 is 19.4 Å². The van der Waals surface area contributed by atoms with E-state index in [1.165, 1.54) is 0 Å². The van der Waals surface area contributed by atoms with Gasteiger partial charge in [-0.05, 0) is 12.8 Å². The van der Waals surface area contributed by atoms with E-state index in [1.807, 2.05) is 0 Å². The molecule has 0 aliphatic carbocycles. The van der Waals surface area contributed by atoms with Gasteiger partial charge in [-0.2, -0.15) is 0 Å². The van der Waals surface area contributed by atoms with Crippen LogP contribution in [0.2, 0.25) is 0 Å². The number of alkyl halides is 1. The van der Waals surface area contributed by atoms with Gasteiger partial charge >= 0.3 is 8.25 Å². The van der Waals surface area contributed by atoms with Crippen molar-refractivity contribution < 1.29 is 19.1 Å². The van der Waals surface area contributed by atoms with Crippen LogP contribution in [0.4, 0.5) is 0 Å². The predicted molar refractivity (Wildman–Crippen MR) is 46.1 cm³/mol. The van der Waals surface area contributed by atoms with Crippen LogP contribution in [0.1, 0.15) is 26.7 Å². The molecule has 0 aromatic rings. The molecule has 0 saturated carbocycles. The number of aliphatic hydroxyl groups excluding tert-OH is 1. The molecule has 0 heterocycles. The van der Waals surface area contributed by atoms with Crippen molar-refractivity contribution in [1.82, 2.24) is 0 Å². The molecule has 4 nitrogen and oxygen atoms in total. The van der Waals surface area contributed by atoms with Crippen molar-refractivity contribution in [2.45, 2.75) is 37.9 Å². The summed E-state index contributed by atoms with van der Waals surface area (Å²) in [5.74, 6) is 0. The highest BCUT2D eigenvalue weighted by Crippen LogP contribution is 2.33. The van der Waals surface area contributed by atoms with E-state index >= 15 is 0 Å². The second-order valence-electron chi connectivity index (χ2n) is 2.44. The van der Waals surface area contributed by atoms with Gasteiger partial charge in [0, 0.05) is 4.57 Å². The lowest BCUT2D eigenvalue weighted by Crippen LogP contribution is -2.36. The molecule has 72 valence electrons. The van der Waals surface area contributed by atoms with Crippen molar-refractivity contribution in [3.8, 4) is 0 Å². The molecule has 0 saturated heterocycles. The predicted octanol–water partition coefficient (Wildman–Crippen LogP) is 1.77. The van der Waals surface area contributed by atoms with Gasteiger partial charge < -0.3 is 5.11 Å². The summed E-state index contributed by atoms with van der Waals surface area (Å²) in [6.07, 6.45) is -0.465. The summed E-state index contributed by atoms with van der Waals surface area (Å²) in [7, 11) is -2.80. The molecule has 2 atom stereocenters. The number of hydrogen-bond donors (Lipinski definition) is 2. The Hall–Kier alpha value is 0.270. The molecular formula is C6H13ClO4P+. The first-order valence-corrected chi connectivity index (χ1v) is 5.17. The molecule has 0 spiro atoms. The minimum atomic E-state index is -2.80. The van der Waals surface area contributed by atoms with Gasteiger partial charge in [-0.3, -0.25) is 0 Å². The summed E-state index contributed by atoms with van der Waals surface area (Å²) in [5.41, 5.74) is 0. The quantitative estimate of drug-likeness (QED) is 0.417. The molecule has 2 N–H and O–H groups in total. The number of rotatable bonds is 5. The zero-order chi connectivity index (χ0) is 9.78. The highest BCUT2D eigenvalue weighted by atomic mass is 35.5. The first-order chi connectivity index (χ1) is 5.46. The zero-order valence-electron chi connectivity index (χ0n) is 7.03. The first kappa shape index (κ1) is 12.3. The maximum absolute atomic E-state index is 10.2. The Kier molecular flexibility index (Phi) is 5.21. The van der Waals surface area contributed by atoms with Gasteiger partial charge in [-0.15, -0.1) is 16.5 Å². The summed E-state index contributed by atoms with van der Waals surface area (Å²) < 4.78 is 14.5. The summed E-state index contributed by atoms with van der Waals surface area (Å²) in [5, 5.41) is 9.24. The molecular weight excluding hydrogens is 202 g/mol. The molecule has 2 unspecified atom stereocenters. The SMILES string of the molecule is CCC(Cl)(CC)C(O)O[P+](=O)O. The molecule has 0 aromatic heterocycles. The fourth-order valence-corrected chi connectivity index (χ4v) is 1.26. The van der Waals surface area contributed by atoms with Gasteiger partial charge in [0.1, 0.15) is 0 Å². The highest BCUT2D eigenvalue weighted by molar-refractivity contribution is 7.32. The van der Waals surface area contributed by atoms with Gasteiger partial charge in [-0.1, -0.05) is 18.4 Å². The average molecular weight is 216 g/mol. The molecule has 0 amide bonds. The van der Waals surface area contributed by atoms with Gasteiger partial charge in [0.15, 0.2) is 0 Å². The van der Waals surface area contributed by atoms with E-state index in [0.717, 1.165) is 0 Å². The van der Waals surface area contributed by atoms with Crippen molar-refractivity contribution in [1.29, 1.82) is 0 Å². The van der Waals surface area contributed by atoms with Crippen LogP contribution < -0.4 is 0 Å². The third-order valence-corrected chi connectivity index (χ3v) is 2.91. The monoisotopic (exact) mass is 215 g/mol. The molecule has 0 aromatic carbocycles. The standard InChI is InChI=1S/C6H12ClO4P/c1-3-6(7,4-2)5(8)11-12(9)10/h5,8H,3-4H2,1-2H3/p+1. The topological polar surface area (TPSA) is 66.8 Å². The lowest BCUT2D eigenvalue weighted by molar-refractivity contribution is -0.0534. The van der Waals surface area contributed by atoms with Crippen LogP contribution in [0, 0.1) is 0 Å². The minimum absolute atomic E-state index is 0.468. The van der Waals surface area contributed by atoms with Crippen LogP contribution in [0.25, 0.3) is 0 Å². The van der Waals surface area contributed by atoms with Gasteiger partial charge in [0.2, 0.25) is 6.29 Å². The molecule has 6 heteroatoms. The van der Waals surface area contributed by atoms with E-state index in [2.05, 4.69) is 4.52 Å². The Labute approximate surface area is 77.4 Å². The van der Waals surface area contributed by atoms with E-state index in [0.29, 0.717) is 12.8 Å². The van der Waals surface area contributed by atoms with Gasteiger partial charge in [0.05, 0.1) is 4.87 Å². The third kappa shape index (κ3) is 3.33. The Balaban J connectivity index is 4.20. The molecule has 0 radical (unpaired) electrons. The Bertz CT molecular complexity index is 160. The van der Waals surface area contributed by atoms with Crippen LogP contribution in [0.15, 0.2) is 0 Å². The summed E-state index contributed by atoms with van der Waals surface area (Å²) >= 11 is 5.89. The molecule has 0 bridgehead atoms. The van der Waals surface area contributed by atoms with Crippen molar-refractivity contribution in [2.75, 3.05) is 0 Å². The Morgan fingerprint density at radius 2 is 2.00 bits per heavy atom. The molecule has 0 aliphatic heterocycles. The maximum Gasteiger partial charge on any atom is 0.697 e. The van der Waals surface area contributed by atoms with E-state index in [4.69, 9.17) is 16.5 Å². The van der Waals surface area contributed by atoms with Crippen LogP contribution >= 0.6 is 19.9 Å². The lowest BCUT2D eigenvalue weighted by Gasteiger charge is -2.24. The minimum Gasteiger partial charge on any atom is -0.363 e. The van der Waals surface area contributed by atoms with Crippen molar-refractivity contribution in [2.24, 2.45) is 0 Å². The average Bonchev–Trinajstić information content (AvgIpc) is 2.02. The Morgan fingerprint density at radius 3 is 2.25 bits per heavy atom. The van der Waals surface area contributed by atoms with Crippen LogP contribution in [0.5, 0.6) is 0 Å². The van der Waals surface area contributed by atoms with E-state index in [-0.39, 0.29) is 0 Å². The molecule has 0 fully saturated rings. The van der Waals surface area contributed by atoms with Crippen LogP contribution in [-0.2, 0) is 9.09 Å². The first-order valence-electron chi connectivity index (χ1n) is 3.66. The van der Waals surface area contributed by atoms with Crippen molar-refractivity contribution in [3.05, 3.63) is 0 Å². The fourth-order valence-electron chi connectivity index (χ4n) is 0.779. The fraction of sp³-hybridized carbons (Fsp3) is 1.00. The summed E-state index contributed by atoms with van der Waals surface area (Å²) in [6.45, 7) is 3.54. The maximum atomic E-state index is 10.2. The van der Waals surface area contributed by atoms with Crippen LogP contribution in [0.3, 0.4) is 0 Å². The molecule has 0 aliphatic rings. The summed E-state index contributed by atoms with van der Waals surface area (Å²) in [4.78, 5) is 7.38. The lowest BCUT2D eigenvalue weighted by atomic mass is 10.0. The number of hydrogen-bond acceptors (Lipinski definition) is 3. The summed E-state index contributed by atoms with van der Waals surface area (Å²) in [6, 6.07) is 0. The molecule has 0 rings (SSSR count). The van der Waals surface area contributed by atoms with E-state index in [1.54, 1.807) is 13.8 Å². The van der Waals surface area contributed by atoms with Crippen molar-refractivity contribution >= 4 is 19.9 Å². The third-order valence-electron chi connectivity index (χ3n) is 1.81. The Morgan fingerprint density at radius 1 is 1.58 bits per heavy atom. The van der Waals surface area contributed by atoms with Crippen molar-refractivity contribution in [3.63, 3.8) is 0 Å². The number of aliphatic hydroxyl groups is 1. The zero-order valence-corrected chi connectivity index (χ0v) is 8.68. The second-order valence-corrected chi connectivity index (χ2v) is 3.88. The van der Waals surface area contributed by atoms with E-state index in [9.17, 15) is 9.67 Å². The number of halogens is 1. The molecule has 12 heavy (non-hydrogen) atoms. The second kappa shape index (κ2) is 5.10. The normalized spacial score (nSPS) is 15.9. The van der Waals surface area contributed by atoms with Gasteiger partial charge in [0.25, 0.3) is 0 Å². The largest absolute Gasteiger partial charge is 0.697 e. The van der Waals surface area contributed by atoms with Crippen LogP contribution in [-0.4, -0.2) is 21.2 Å². The van der Waals surface area contributed by atoms with Gasteiger partial charge in [-0.25, -0.2) is 0 Å². The smallest absolute Gasteiger partial charge is 0.363 e.